The average Bonchev–Trinajstić information content (AvgIpc) is 3.30. The molecule has 1 amide bonds. The van der Waals surface area contributed by atoms with Gasteiger partial charge in [0.1, 0.15) is 5.58 Å². The van der Waals surface area contributed by atoms with Crippen LogP contribution < -0.4 is 0 Å². The summed E-state index contributed by atoms with van der Waals surface area (Å²) in [5.41, 5.74) is 1.55. The first kappa shape index (κ1) is 15.9. The maximum atomic E-state index is 13.1. The third kappa shape index (κ3) is 2.93. The highest BCUT2D eigenvalue weighted by Crippen LogP contribution is 2.29. The lowest BCUT2D eigenvalue weighted by molar-refractivity contribution is 0.0643. The summed E-state index contributed by atoms with van der Waals surface area (Å²) in [5.74, 6) is 0.336. The molecule has 1 aromatic carbocycles. The number of furan rings is 1. The van der Waals surface area contributed by atoms with Gasteiger partial charge in [-0.25, -0.2) is 4.98 Å². The molecule has 0 N–H and O–H groups in total. The number of hydrogen-bond donors (Lipinski definition) is 0. The first-order valence-corrected chi connectivity index (χ1v) is 8.54. The van der Waals surface area contributed by atoms with Crippen molar-refractivity contribution in [3.05, 3.63) is 54.3 Å². The molecule has 2 aromatic heterocycles. The van der Waals surface area contributed by atoms with Crippen LogP contribution in [0.1, 0.15) is 35.0 Å². The zero-order chi connectivity index (χ0) is 17.2. The van der Waals surface area contributed by atoms with Crippen LogP contribution in [0.3, 0.4) is 0 Å². The SMILES string of the molecule is COCc1c(C(=O)N2CCC[C@H](n3ccnc3)C2)oc2ccccc12. The smallest absolute Gasteiger partial charge is 0.290 e. The fourth-order valence-corrected chi connectivity index (χ4v) is 3.57. The molecule has 25 heavy (non-hydrogen) atoms. The van der Waals surface area contributed by atoms with Crippen molar-refractivity contribution >= 4 is 16.9 Å². The molecule has 1 aliphatic rings. The molecule has 0 unspecified atom stereocenters. The average molecular weight is 339 g/mol. The van der Waals surface area contributed by atoms with Crippen molar-refractivity contribution < 1.29 is 13.9 Å². The Kier molecular flexibility index (Phi) is 4.28. The van der Waals surface area contributed by atoms with E-state index in [0.29, 0.717) is 18.9 Å². The molecule has 0 spiro atoms. The molecule has 1 saturated heterocycles. The minimum Gasteiger partial charge on any atom is -0.451 e. The summed E-state index contributed by atoms with van der Waals surface area (Å²) in [6.07, 6.45) is 7.56. The van der Waals surface area contributed by atoms with Crippen molar-refractivity contribution in [2.24, 2.45) is 0 Å². The van der Waals surface area contributed by atoms with E-state index < -0.39 is 0 Å². The third-order valence-corrected chi connectivity index (χ3v) is 4.81. The number of para-hydroxylation sites is 1. The summed E-state index contributed by atoms with van der Waals surface area (Å²) in [6.45, 7) is 1.77. The Morgan fingerprint density at radius 1 is 1.40 bits per heavy atom. The highest BCUT2D eigenvalue weighted by Gasteiger charge is 2.29. The van der Waals surface area contributed by atoms with Crippen molar-refractivity contribution in [2.75, 3.05) is 20.2 Å². The second kappa shape index (κ2) is 6.72. The van der Waals surface area contributed by atoms with Gasteiger partial charge in [0.15, 0.2) is 5.76 Å². The Balaban J connectivity index is 1.64. The second-order valence-electron chi connectivity index (χ2n) is 6.40. The maximum Gasteiger partial charge on any atom is 0.290 e. The van der Waals surface area contributed by atoms with Gasteiger partial charge in [0.05, 0.1) is 19.0 Å². The largest absolute Gasteiger partial charge is 0.451 e. The topological polar surface area (TPSA) is 60.5 Å². The lowest BCUT2D eigenvalue weighted by Gasteiger charge is -2.33. The normalized spacial score (nSPS) is 18.0. The van der Waals surface area contributed by atoms with E-state index in [4.69, 9.17) is 9.15 Å². The van der Waals surface area contributed by atoms with Crippen LogP contribution in [0.5, 0.6) is 0 Å². The van der Waals surface area contributed by atoms with Crippen LogP contribution in [0.2, 0.25) is 0 Å². The number of imidazole rings is 1. The fraction of sp³-hybridized carbons (Fsp3) is 0.368. The number of nitrogens with zero attached hydrogens (tertiary/aromatic N) is 3. The van der Waals surface area contributed by atoms with E-state index >= 15 is 0 Å². The van der Waals surface area contributed by atoms with Gasteiger partial charge >= 0.3 is 0 Å². The molecular formula is C19H21N3O3. The molecule has 0 bridgehead atoms. The number of methoxy groups -OCH3 is 1. The van der Waals surface area contributed by atoms with Gasteiger partial charge < -0.3 is 18.6 Å². The number of carbonyl (C=O) groups excluding carboxylic acids is 1. The predicted octanol–water partition coefficient (Wildman–Crippen LogP) is 3.25. The molecule has 4 rings (SSSR count). The van der Waals surface area contributed by atoms with Crippen molar-refractivity contribution in [3.8, 4) is 0 Å². The summed E-state index contributed by atoms with van der Waals surface area (Å²) >= 11 is 0. The van der Waals surface area contributed by atoms with Gasteiger partial charge in [-0.15, -0.1) is 0 Å². The first-order valence-electron chi connectivity index (χ1n) is 8.54. The number of fused-ring (bicyclic) bond motifs is 1. The van der Waals surface area contributed by atoms with Crippen LogP contribution in [-0.4, -0.2) is 40.6 Å². The summed E-state index contributed by atoms with van der Waals surface area (Å²) in [4.78, 5) is 19.1. The molecule has 3 aromatic rings. The molecule has 3 heterocycles. The van der Waals surface area contributed by atoms with Gasteiger partial charge in [0.2, 0.25) is 0 Å². The molecular weight excluding hydrogens is 318 g/mol. The molecule has 6 heteroatoms. The van der Waals surface area contributed by atoms with Crippen LogP contribution >= 0.6 is 0 Å². The van der Waals surface area contributed by atoms with E-state index in [-0.39, 0.29) is 11.9 Å². The highest BCUT2D eigenvalue weighted by molar-refractivity contribution is 5.99. The minimum absolute atomic E-state index is 0.0620. The third-order valence-electron chi connectivity index (χ3n) is 4.81. The lowest BCUT2D eigenvalue weighted by Crippen LogP contribution is -2.40. The molecule has 1 fully saturated rings. The van der Waals surface area contributed by atoms with Gasteiger partial charge in [-0.2, -0.15) is 0 Å². The number of aromatic nitrogens is 2. The van der Waals surface area contributed by atoms with Crippen molar-refractivity contribution in [3.63, 3.8) is 0 Å². The van der Waals surface area contributed by atoms with Gasteiger partial charge in [-0.3, -0.25) is 4.79 Å². The number of rotatable bonds is 4. The van der Waals surface area contributed by atoms with Crippen molar-refractivity contribution in [1.82, 2.24) is 14.5 Å². The number of hydrogen-bond acceptors (Lipinski definition) is 4. The van der Waals surface area contributed by atoms with Crippen LogP contribution in [0.15, 0.2) is 47.4 Å². The number of amides is 1. The maximum absolute atomic E-state index is 13.1. The Bertz CT molecular complexity index is 869. The highest BCUT2D eigenvalue weighted by atomic mass is 16.5. The number of carbonyl (C=O) groups is 1. The molecule has 1 atom stereocenters. The number of likely N-dealkylation sites (tertiary alicyclic amines) is 1. The monoisotopic (exact) mass is 339 g/mol. The van der Waals surface area contributed by atoms with Crippen LogP contribution in [-0.2, 0) is 11.3 Å². The molecule has 0 saturated carbocycles. The van der Waals surface area contributed by atoms with E-state index in [2.05, 4.69) is 9.55 Å². The Labute approximate surface area is 146 Å². The van der Waals surface area contributed by atoms with E-state index in [1.807, 2.05) is 41.7 Å². The Morgan fingerprint density at radius 2 is 2.28 bits per heavy atom. The summed E-state index contributed by atoms with van der Waals surface area (Å²) in [5, 5.41) is 0.941. The zero-order valence-electron chi connectivity index (χ0n) is 14.2. The van der Waals surface area contributed by atoms with E-state index in [1.165, 1.54) is 0 Å². The van der Waals surface area contributed by atoms with Gasteiger partial charge in [0.25, 0.3) is 5.91 Å². The standard InChI is InChI=1S/C19H21N3O3/c1-24-12-16-15-6-2-3-7-17(15)25-18(16)19(23)21-9-4-5-14(11-21)22-10-8-20-13-22/h2-3,6-8,10,13-14H,4-5,9,11-12H2,1H3/t14-/m0/s1. The van der Waals surface area contributed by atoms with Crippen LogP contribution in [0.25, 0.3) is 11.0 Å². The lowest BCUT2D eigenvalue weighted by atomic mass is 10.0. The number of benzene rings is 1. The van der Waals surface area contributed by atoms with Gasteiger partial charge in [-0.05, 0) is 18.9 Å². The van der Waals surface area contributed by atoms with E-state index in [1.54, 1.807) is 13.3 Å². The Morgan fingerprint density at radius 3 is 3.08 bits per heavy atom. The quantitative estimate of drug-likeness (QED) is 0.732. The number of ether oxygens (including phenoxy) is 1. The molecule has 1 aliphatic heterocycles. The summed E-state index contributed by atoms with van der Waals surface area (Å²) in [6, 6.07) is 7.97. The Hall–Kier alpha value is -2.60. The zero-order valence-corrected chi connectivity index (χ0v) is 14.2. The molecule has 130 valence electrons. The van der Waals surface area contributed by atoms with E-state index in [0.717, 1.165) is 35.9 Å². The first-order chi connectivity index (χ1) is 12.3. The van der Waals surface area contributed by atoms with Crippen LogP contribution in [0.4, 0.5) is 0 Å². The number of piperidine rings is 1. The molecule has 0 radical (unpaired) electrons. The fourth-order valence-electron chi connectivity index (χ4n) is 3.57. The van der Waals surface area contributed by atoms with Crippen LogP contribution in [0, 0.1) is 0 Å². The summed E-state index contributed by atoms with van der Waals surface area (Å²) in [7, 11) is 1.63. The molecule has 0 aliphatic carbocycles. The van der Waals surface area contributed by atoms with Gasteiger partial charge in [-0.1, -0.05) is 18.2 Å². The van der Waals surface area contributed by atoms with Gasteiger partial charge in [0, 0.05) is 43.5 Å². The summed E-state index contributed by atoms with van der Waals surface area (Å²) < 4.78 is 13.3. The van der Waals surface area contributed by atoms with E-state index in [9.17, 15) is 4.79 Å². The van der Waals surface area contributed by atoms with Crippen molar-refractivity contribution in [1.29, 1.82) is 0 Å². The minimum atomic E-state index is -0.0620. The second-order valence-corrected chi connectivity index (χ2v) is 6.40. The van der Waals surface area contributed by atoms with Crippen molar-refractivity contribution in [2.45, 2.75) is 25.5 Å². The molecule has 6 nitrogen and oxygen atoms in total. The predicted molar refractivity (Wildman–Crippen MR) is 93.3 cm³/mol.